The molecule has 1 fully saturated rings. The number of aryl methyl sites for hydroxylation is 2. The molecule has 0 radical (unpaired) electrons. The van der Waals surface area contributed by atoms with Crippen molar-refractivity contribution in [1.82, 2.24) is 9.88 Å². The monoisotopic (exact) mass is 327 g/mol. The van der Waals surface area contributed by atoms with Crippen molar-refractivity contribution in [2.24, 2.45) is 4.99 Å². The lowest BCUT2D eigenvalue weighted by Gasteiger charge is -2.11. The van der Waals surface area contributed by atoms with E-state index in [9.17, 15) is 0 Å². The first-order valence-electron chi connectivity index (χ1n) is 8.35. The van der Waals surface area contributed by atoms with Gasteiger partial charge < -0.3 is 4.90 Å². The number of hydrogen-bond acceptors (Lipinski definition) is 3. The largest absolute Gasteiger partial charge is 0.366 e. The molecule has 2 aromatic rings. The lowest BCUT2D eigenvalue weighted by molar-refractivity contribution is 0.552. The summed E-state index contributed by atoms with van der Waals surface area (Å²) < 4.78 is 0. The van der Waals surface area contributed by atoms with Gasteiger partial charge in [-0.25, -0.2) is 9.98 Å². The third-order valence-corrected chi connectivity index (χ3v) is 5.34. The highest BCUT2D eigenvalue weighted by Crippen LogP contribution is 2.40. The first-order chi connectivity index (χ1) is 11.1. The van der Waals surface area contributed by atoms with Crippen LogP contribution in [-0.4, -0.2) is 29.8 Å². The second-order valence-electron chi connectivity index (χ2n) is 6.49. The van der Waals surface area contributed by atoms with Crippen LogP contribution >= 0.6 is 11.3 Å². The summed E-state index contributed by atoms with van der Waals surface area (Å²) in [7, 11) is 2.04. The molecule has 1 aliphatic rings. The Morgan fingerprint density at radius 2 is 2.00 bits per heavy atom. The lowest BCUT2D eigenvalue weighted by atomic mass is 9.99. The van der Waals surface area contributed by atoms with E-state index < -0.39 is 0 Å². The van der Waals surface area contributed by atoms with E-state index in [4.69, 9.17) is 4.98 Å². The summed E-state index contributed by atoms with van der Waals surface area (Å²) in [5.41, 5.74) is 6.34. The molecule has 23 heavy (non-hydrogen) atoms. The van der Waals surface area contributed by atoms with Crippen LogP contribution in [0.5, 0.6) is 0 Å². The van der Waals surface area contributed by atoms with E-state index in [1.807, 2.05) is 13.4 Å². The summed E-state index contributed by atoms with van der Waals surface area (Å²) in [5, 5.41) is 3.48. The van der Waals surface area contributed by atoms with Crippen molar-refractivity contribution < 1.29 is 0 Å². The van der Waals surface area contributed by atoms with E-state index >= 15 is 0 Å². The van der Waals surface area contributed by atoms with Crippen molar-refractivity contribution in [3.8, 4) is 0 Å². The smallest absolute Gasteiger partial charge is 0.0972 e. The average molecular weight is 327 g/mol. The first kappa shape index (κ1) is 16.2. The number of nitrogens with zero attached hydrogens (tertiary/aromatic N) is 3. The highest BCUT2D eigenvalue weighted by molar-refractivity contribution is 7.09. The average Bonchev–Trinajstić information content (AvgIpc) is 3.28. The molecule has 3 nitrogen and oxygen atoms in total. The molecule has 1 aromatic carbocycles. The number of benzene rings is 1. The Balaban J connectivity index is 1.77. The molecule has 0 amide bonds. The minimum absolute atomic E-state index is 0.745. The number of aromatic nitrogens is 1. The van der Waals surface area contributed by atoms with Gasteiger partial charge in [-0.2, -0.15) is 0 Å². The predicted molar refractivity (Wildman–Crippen MR) is 99.3 cm³/mol. The van der Waals surface area contributed by atoms with Gasteiger partial charge in [0.25, 0.3) is 0 Å². The van der Waals surface area contributed by atoms with Gasteiger partial charge in [-0.1, -0.05) is 0 Å². The van der Waals surface area contributed by atoms with Crippen LogP contribution in [0.25, 0.3) is 0 Å². The molecule has 0 saturated heterocycles. The summed E-state index contributed by atoms with van der Waals surface area (Å²) in [4.78, 5) is 11.5. The molecular formula is C19H25N3S. The highest BCUT2D eigenvalue weighted by atomic mass is 32.1. The molecule has 0 bridgehead atoms. The first-order valence-corrected chi connectivity index (χ1v) is 9.23. The summed E-state index contributed by atoms with van der Waals surface area (Å²) in [5.74, 6) is 0.745. The van der Waals surface area contributed by atoms with Crippen molar-refractivity contribution in [3.63, 3.8) is 0 Å². The van der Waals surface area contributed by atoms with E-state index in [1.54, 1.807) is 11.3 Å². The van der Waals surface area contributed by atoms with Crippen LogP contribution < -0.4 is 0 Å². The minimum Gasteiger partial charge on any atom is -0.366 e. The number of rotatable bonds is 6. The second-order valence-corrected chi connectivity index (χ2v) is 7.44. The van der Waals surface area contributed by atoms with Crippen molar-refractivity contribution in [2.75, 3.05) is 13.6 Å². The third kappa shape index (κ3) is 3.99. The molecule has 4 heteroatoms. The Bertz CT molecular complexity index is 690. The van der Waals surface area contributed by atoms with Crippen LogP contribution in [0.2, 0.25) is 0 Å². The fourth-order valence-electron chi connectivity index (χ4n) is 2.69. The quantitative estimate of drug-likeness (QED) is 0.561. The van der Waals surface area contributed by atoms with Gasteiger partial charge in [0.05, 0.1) is 22.7 Å². The van der Waals surface area contributed by atoms with Crippen LogP contribution in [-0.2, 0) is 6.42 Å². The van der Waals surface area contributed by atoms with E-state index in [0.717, 1.165) is 24.6 Å². The summed E-state index contributed by atoms with van der Waals surface area (Å²) in [6, 6.07) is 4.36. The van der Waals surface area contributed by atoms with Gasteiger partial charge in [0.1, 0.15) is 0 Å². The summed E-state index contributed by atoms with van der Waals surface area (Å²) >= 11 is 1.80. The third-order valence-electron chi connectivity index (χ3n) is 4.48. The molecule has 1 aliphatic carbocycles. The van der Waals surface area contributed by atoms with Crippen LogP contribution in [0.1, 0.15) is 53.1 Å². The highest BCUT2D eigenvalue weighted by Gasteiger charge is 2.26. The molecular weight excluding hydrogens is 302 g/mol. The summed E-state index contributed by atoms with van der Waals surface area (Å²) in [6.07, 6.45) is 5.48. The van der Waals surface area contributed by atoms with Crippen LogP contribution in [0.3, 0.4) is 0 Å². The Morgan fingerprint density at radius 1 is 1.30 bits per heavy atom. The molecule has 0 spiro atoms. The molecule has 0 N–H and O–H groups in total. The van der Waals surface area contributed by atoms with Crippen molar-refractivity contribution in [2.45, 2.75) is 46.0 Å². The zero-order valence-electron chi connectivity index (χ0n) is 14.5. The second kappa shape index (κ2) is 6.83. The normalized spacial score (nSPS) is 14.6. The van der Waals surface area contributed by atoms with E-state index in [1.165, 1.54) is 40.2 Å². The molecule has 0 atom stereocenters. The zero-order valence-corrected chi connectivity index (χ0v) is 15.3. The molecule has 0 unspecified atom stereocenters. The lowest BCUT2D eigenvalue weighted by Crippen LogP contribution is -2.14. The molecule has 1 saturated carbocycles. The van der Waals surface area contributed by atoms with Crippen molar-refractivity contribution >= 4 is 23.4 Å². The van der Waals surface area contributed by atoms with Crippen LogP contribution in [0.15, 0.2) is 22.5 Å². The van der Waals surface area contributed by atoms with Gasteiger partial charge in [0, 0.05) is 31.3 Å². The predicted octanol–water partition coefficient (Wildman–Crippen LogP) is 4.84. The number of aliphatic imine (C=N–C) groups is 1. The Labute approximate surface area is 143 Å². The number of hydrogen-bond donors (Lipinski definition) is 0. The molecule has 3 rings (SSSR count). The Morgan fingerprint density at radius 3 is 2.61 bits per heavy atom. The van der Waals surface area contributed by atoms with E-state index in [-0.39, 0.29) is 0 Å². The zero-order chi connectivity index (χ0) is 16.4. The SMILES string of the molecule is CCN(C)C=Nc1cc(C)c(Cc2nc(C3CC3)cs2)c(C)c1. The Hall–Kier alpha value is -1.68. The van der Waals surface area contributed by atoms with Crippen molar-refractivity contribution in [3.05, 3.63) is 44.9 Å². The maximum atomic E-state index is 4.83. The van der Waals surface area contributed by atoms with Crippen LogP contribution in [0.4, 0.5) is 5.69 Å². The molecule has 1 heterocycles. The number of thiazole rings is 1. The van der Waals surface area contributed by atoms with Gasteiger partial charge in [0.2, 0.25) is 0 Å². The topological polar surface area (TPSA) is 28.5 Å². The summed E-state index contributed by atoms with van der Waals surface area (Å²) in [6.45, 7) is 7.45. The minimum atomic E-state index is 0.745. The van der Waals surface area contributed by atoms with Gasteiger partial charge in [-0.05, 0) is 62.4 Å². The molecule has 122 valence electrons. The standard InChI is InChI=1S/C19H25N3S/c1-5-22(4)12-20-16-8-13(2)17(14(3)9-16)10-19-21-18(11-23-19)15-6-7-15/h8-9,11-12,15H,5-7,10H2,1-4H3. The van der Waals surface area contributed by atoms with E-state index in [2.05, 4.69) is 48.2 Å². The van der Waals surface area contributed by atoms with Gasteiger partial charge in [0.15, 0.2) is 0 Å². The van der Waals surface area contributed by atoms with Gasteiger partial charge in [-0.3, -0.25) is 0 Å². The van der Waals surface area contributed by atoms with Gasteiger partial charge >= 0.3 is 0 Å². The fraction of sp³-hybridized carbons (Fsp3) is 0.474. The maximum Gasteiger partial charge on any atom is 0.0972 e. The van der Waals surface area contributed by atoms with Crippen molar-refractivity contribution in [1.29, 1.82) is 0 Å². The van der Waals surface area contributed by atoms with Gasteiger partial charge in [-0.15, -0.1) is 11.3 Å². The fourth-order valence-corrected chi connectivity index (χ4v) is 3.58. The Kier molecular flexibility index (Phi) is 4.81. The molecule has 0 aliphatic heterocycles. The van der Waals surface area contributed by atoms with E-state index in [0.29, 0.717) is 0 Å². The molecule has 1 aromatic heterocycles. The van der Waals surface area contributed by atoms with Crippen LogP contribution in [0, 0.1) is 13.8 Å². The maximum absolute atomic E-state index is 4.83.